The molecule has 0 aliphatic heterocycles. The Morgan fingerprint density at radius 2 is 2.27 bits per heavy atom. The quantitative estimate of drug-likeness (QED) is 0.927. The minimum atomic E-state index is -0.181. The predicted octanol–water partition coefficient (Wildman–Crippen LogP) is 4.00. The Bertz CT molecular complexity index is 680. The molecule has 5 heteroatoms. The van der Waals surface area contributed by atoms with Crippen molar-refractivity contribution < 1.29 is 4.79 Å². The van der Waals surface area contributed by atoms with Crippen LogP contribution in [0.5, 0.6) is 0 Å². The molecule has 0 saturated heterocycles. The lowest BCUT2D eigenvalue weighted by atomic mass is 9.88. The summed E-state index contributed by atoms with van der Waals surface area (Å²) < 4.78 is 0. The summed E-state index contributed by atoms with van der Waals surface area (Å²) in [5, 5.41) is 3.60. The number of fused-ring (bicyclic) bond motifs is 1. The van der Waals surface area contributed by atoms with E-state index in [-0.39, 0.29) is 5.91 Å². The molecule has 2 aromatic heterocycles. The number of carbonyl (C=O) groups excluding carboxylic acids is 1. The molecular weight excluding hydrogens is 294 g/mol. The minimum absolute atomic E-state index is 0.181. The molecular formula is C17H21N3OS. The summed E-state index contributed by atoms with van der Waals surface area (Å²) in [4.78, 5) is 22.4. The van der Waals surface area contributed by atoms with Gasteiger partial charge in [0.1, 0.15) is 5.69 Å². The highest BCUT2D eigenvalue weighted by molar-refractivity contribution is 7.15. The van der Waals surface area contributed by atoms with Crippen LogP contribution in [0.15, 0.2) is 18.2 Å². The molecule has 1 aliphatic rings. The first-order valence-corrected chi connectivity index (χ1v) is 8.71. The molecule has 0 saturated carbocycles. The summed E-state index contributed by atoms with van der Waals surface area (Å²) in [7, 11) is 0. The van der Waals surface area contributed by atoms with Gasteiger partial charge in [-0.25, -0.2) is 9.97 Å². The molecule has 3 rings (SSSR count). The lowest BCUT2D eigenvalue weighted by molar-refractivity contribution is 0.102. The van der Waals surface area contributed by atoms with E-state index in [1.165, 1.54) is 29.8 Å². The van der Waals surface area contributed by atoms with Gasteiger partial charge in [0.2, 0.25) is 0 Å². The number of hydrogen-bond donors (Lipinski definition) is 1. The van der Waals surface area contributed by atoms with Gasteiger partial charge in [0.25, 0.3) is 5.91 Å². The normalized spacial score (nSPS) is 17.1. The van der Waals surface area contributed by atoms with Crippen molar-refractivity contribution in [2.75, 3.05) is 5.32 Å². The molecule has 1 aliphatic carbocycles. The van der Waals surface area contributed by atoms with Gasteiger partial charge in [-0.2, -0.15) is 0 Å². The largest absolute Gasteiger partial charge is 0.296 e. The Morgan fingerprint density at radius 3 is 3.05 bits per heavy atom. The summed E-state index contributed by atoms with van der Waals surface area (Å²) in [6.45, 7) is 4.12. The van der Waals surface area contributed by atoms with Crippen LogP contribution in [0.25, 0.3) is 0 Å². The Labute approximate surface area is 135 Å². The Morgan fingerprint density at radius 1 is 1.41 bits per heavy atom. The van der Waals surface area contributed by atoms with E-state index >= 15 is 0 Å². The number of amides is 1. The third-order valence-electron chi connectivity index (χ3n) is 4.08. The molecule has 0 spiro atoms. The molecule has 4 nitrogen and oxygen atoms in total. The average molecular weight is 315 g/mol. The Kier molecular flexibility index (Phi) is 4.52. The van der Waals surface area contributed by atoms with E-state index < -0.39 is 0 Å². The van der Waals surface area contributed by atoms with Gasteiger partial charge in [-0.1, -0.05) is 25.8 Å². The van der Waals surface area contributed by atoms with Crippen molar-refractivity contribution in [1.29, 1.82) is 0 Å². The fourth-order valence-electron chi connectivity index (χ4n) is 2.98. The summed E-state index contributed by atoms with van der Waals surface area (Å²) >= 11 is 1.62. The fraction of sp³-hybridized carbons (Fsp3) is 0.471. The van der Waals surface area contributed by atoms with E-state index in [2.05, 4.69) is 22.2 Å². The number of thiazole rings is 1. The minimum Gasteiger partial charge on any atom is -0.296 e. The second-order valence-corrected chi connectivity index (χ2v) is 6.99. The van der Waals surface area contributed by atoms with Gasteiger partial charge in [-0.05, 0) is 44.2 Å². The van der Waals surface area contributed by atoms with Crippen LogP contribution in [0.1, 0.15) is 52.9 Å². The first kappa shape index (κ1) is 15.2. The maximum absolute atomic E-state index is 12.2. The number of rotatable bonds is 4. The fourth-order valence-corrected chi connectivity index (χ4v) is 4.10. The van der Waals surface area contributed by atoms with E-state index in [9.17, 15) is 4.79 Å². The zero-order chi connectivity index (χ0) is 15.5. The van der Waals surface area contributed by atoms with E-state index in [0.29, 0.717) is 10.8 Å². The molecule has 116 valence electrons. The van der Waals surface area contributed by atoms with Crippen molar-refractivity contribution in [3.8, 4) is 0 Å². The van der Waals surface area contributed by atoms with Gasteiger partial charge < -0.3 is 0 Å². The van der Waals surface area contributed by atoms with Crippen LogP contribution >= 0.6 is 11.3 Å². The second kappa shape index (κ2) is 6.57. The lowest BCUT2D eigenvalue weighted by Gasteiger charge is -2.19. The van der Waals surface area contributed by atoms with Crippen LogP contribution in [0, 0.1) is 12.8 Å². The van der Waals surface area contributed by atoms with E-state index in [1.54, 1.807) is 17.4 Å². The highest BCUT2D eigenvalue weighted by Crippen LogP contribution is 2.34. The molecule has 1 atom stereocenters. The lowest BCUT2D eigenvalue weighted by Crippen LogP contribution is -2.14. The molecule has 1 N–H and O–H groups in total. The third kappa shape index (κ3) is 3.35. The van der Waals surface area contributed by atoms with Crippen molar-refractivity contribution in [3.05, 3.63) is 40.2 Å². The second-order valence-electron chi connectivity index (χ2n) is 5.90. The zero-order valence-corrected chi connectivity index (χ0v) is 13.9. The molecule has 1 unspecified atom stereocenters. The molecule has 1 amide bonds. The standard InChI is InChI=1S/C17H21N3OS/c1-3-5-12-8-9-13-15(10-12)22-17(19-13)20-16(21)14-7-4-6-11(2)18-14/h4,6-7,12H,3,5,8-10H2,1-2H3,(H,19,20,21). The Balaban J connectivity index is 1.71. The van der Waals surface area contributed by atoms with E-state index in [1.807, 2.05) is 19.1 Å². The molecule has 2 heterocycles. The predicted molar refractivity (Wildman–Crippen MR) is 89.5 cm³/mol. The Hall–Kier alpha value is -1.75. The first-order chi connectivity index (χ1) is 10.7. The van der Waals surface area contributed by atoms with Crippen molar-refractivity contribution in [1.82, 2.24) is 9.97 Å². The van der Waals surface area contributed by atoms with Crippen LogP contribution in [0.2, 0.25) is 0 Å². The van der Waals surface area contributed by atoms with Crippen molar-refractivity contribution in [2.45, 2.75) is 46.0 Å². The molecule has 0 radical (unpaired) electrons. The molecule has 22 heavy (non-hydrogen) atoms. The summed E-state index contributed by atoms with van der Waals surface area (Å²) in [6.07, 6.45) is 5.89. The van der Waals surface area contributed by atoms with Crippen LogP contribution in [0.4, 0.5) is 5.13 Å². The number of carbonyl (C=O) groups is 1. The number of anilines is 1. The summed E-state index contributed by atoms with van der Waals surface area (Å²) in [5.74, 6) is 0.597. The van der Waals surface area contributed by atoms with Crippen LogP contribution in [-0.4, -0.2) is 15.9 Å². The first-order valence-electron chi connectivity index (χ1n) is 7.89. The monoisotopic (exact) mass is 315 g/mol. The summed E-state index contributed by atoms with van der Waals surface area (Å²) in [5.41, 5.74) is 2.45. The highest BCUT2D eigenvalue weighted by atomic mass is 32.1. The smallest absolute Gasteiger partial charge is 0.276 e. The third-order valence-corrected chi connectivity index (χ3v) is 5.12. The zero-order valence-electron chi connectivity index (χ0n) is 13.1. The SMILES string of the molecule is CCCC1CCc2nc(NC(=O)c3cccc(C)n3)sc2C1. The van der Waals surface area contributed by atoms with Gasteiger partial charge in [0.05, 0.1) is 5.69 Å². The molecule has 0 bridgehead atoms. The van der Waals surface area contributed by atoms with Crippen LogP contribution < -0.4 is 5.32 Å². The molecule has 2 aromatic rings. The number of aryl methyl sites for hydroxylation is 2. The summed E-state index contributed by atoms with van der Waals surface area (Å²) in [6, 6.07) is 5.46. The van der Waals surface area contributed by atoms with Crippen molar-refractivity contribution >= 4 is 22.4 Å². The highest BCUT2D eigenvalue weighted by Gasteiger charge is 2.22. The number of nitrogens with one attached hydrogen (secondary N) is 1. The van der Waals surface area contributed by atoms with Crippen LogP contribution in [-0.2, 0) is 12.8 Å². The van der Waals surface area contributed by atoms with Gasteiger partial charge in [-0.3, -0.25) is 10.1 Å². The molecule has 0 aromatic carbocycles. The van der Waals surface area contributed by atoms with Gasteiger partial charge in [0.15, 0.2) is 5.13 Å². The van der Waals surface area contributed by atoms with E-state index in [0.717, 1.165) is 24.5 Å². The van der Waals surface area contributed by atoms with Gasteiger partial charge >= 0.3 is 0 Å². The van der Waals surface area contributed by atoms with Gasteiger partial charge in [-0.15, -0.1) is 11.3 Å². The number of hydrogen-bond acceptors (Lipinski definition) is 4. The number of pyridine rings is 1. The average Bonchev–Trinajstić information content (AvgIpc) is 2.89. The van der Waals surface area contributed by atoms with Crippen LogP contribution in [0.3, 0.4) is 0 Å². The maximum Gasteiger partial charge on any atom is 0.276 e. The van der Waals surface area contributed by atoms with E-state index in [4.69, 9.17) is 0 Å². The number of nitrogens with zero attached hydrogens (tertiary/aromatic N) is 2. The maximum atomic E-state index is 12.2. The van der Waals surface area contributed by atoms with Gasteiger partial charge in [0, 0.05) is 10.6 Å². The van der Waals surface area contributed by atoms with Crippen molar-refractivity contribution in [3.63, 3.8) is 0 Å². The molecule has 0 fully saturated rings. The topological polar surface area (TPSA) is 54.9 Å². The van der Waals surface area contributed by atoms with Crippen molar-refractivity contribution in [2.24, 2.45) is 5.92 Å². The number of aromatic nitrogens is 2.